The van der Waals surface area contributed by atoms with Crippen LogP contribution in [0.15, 0.2) is 194 Å². The fraction of sp³-hybridized carbons (Fsp3) is 0. The van der Waals surface area contributed by atoms with E-state index in [0.717, 1.165) is 61.2 Å². The molecule has 1 aliphatic heterocycles. The number of fused-ring (bicyclic) bond motifs is 7. The summed E-state index contributed by atoms with van der Waals surface area (Å²) in [4.78, 5) is 13.3. The minimum Gasteiger partial charge on any atom is -0.309 e. The van der Waals surface area contributed by atoms with Gasteiger partial charge < -0.3 is 9.47 Å². The molecule has 0 saturated heterocycles. The third-order valence-corrected chi connectivity index (χ3v) is 11.5. The van der Waals surface area contributed by atoms with E-state index >= 15 is 0 Å². The molecule has 0 aliphatic carbocycles. The molecule has 1 aliphatic rings. The summed E-state index contributed by atoms with van der Waals surface area (Å²) in [5.41, 5.74) is 15.0. The van der Waals surface area contributed by atoms with Gasteiger partial charge in [0.2, 0.25) is 0 Å². The maximum Gasteiger partial charge on any atom is 0.0979 e. The Morgan fingerprint density at radius 1 is 0.357 bits per heavy atom. The molecule has 260 valence electrons. The van der Waals surface area contributed by atoms with Gasteiger partial charge in [-0.25, -0.2) is 9.97 Å². The van der Waals surface area contributed by atoms with E-state index < -0.39 is 0 Å². The quantitative estimate of drug-likeness (QED) is 0.182. The molecule has 56 heavy (non-hydrogen) atoms. The molecule has 4 nitrogen and oxygen atoms in total. The van der Waals surface area contributed by atoms with E-state index in [4.69, 9.17) is 9.97 Å². The Bertz CT molecular complexity index is 3370. The summed E-state index contributed by atoms with van der Waals surface area (Å²) in [5, 5.41) is 7.17. The van der Waals surface area contributed by atoms with Gasteiger partial charge in [0.1, 0.15) is 0 Å². The summed E-state index contributed by atoms with van der Waals surface area (Å²) in [6.45, 7) is 0. The van der Waals surface area contributed by atoms with Gasteiger partial charge in [0.15, 0.2) is 0 Å². The van der Waals surface area contributed by atoms with E-state index in [2.05, 4.69) is 191 Å². The number of hydrogen-bond donors (Lipinski definition) is 0. The standard InChI is InChI=1S/C52H32N4/c1-2-16-35(17-3-1)55-45-25-10-7-21-39(45)42-32-34(28-30-48(42)55)51-52(54-44-24-9-8-23-43(44)53-51)41-29-31-47(37-19-5-4-18-36(37)41)56-46-26-11-6-20-38(46)40-22-12-14-33-15-13-27-49(56)50(33)40/h1-32H. The average molecular weight is 713 g/mol. The number of aromatic nitrogens is 3. The second kappa shape index (κ2) is 12.0. The molecule has 0 atom stereocenters. The van der Waals surface area contributed by atoms with Crippen LogP contribution in [0.5, 0.6) is 0 Å². The Kier molecular flexibility index (Phi) is 6.60. The molecule has 0 spiro atoms. The second-order valence-electron chi connectivity index (χ2n) is 14.5. The fourth-order valence-electron chi connectivity index (χ4n) is 9.07. The molecule has 0 radical (unpaired) electrons. The van der Waals surface area contributed by atoms with Crippen molar-refractivity contribution in [1.82, 2.24) is 14.5 Å². The molecule has 9 aromatic carbocycles. The number of hydrogen-bond acceptors (Lipinski definition) is 3. The molecule has 3 heterocycles. The van der Waals surface area contributed by atoms with Gasteiger partial charge in [0.25, 0.3) is 0 Å². The third-order valence-electron chi connectivity index (χ3n) is 11.5. The van der Waals surface area contributed by atoms with Crippen LogP contribution in [-0.4, -0.2) is 14.5 Å². The number of nitrogens with zero attached hydrogens (tertiary/aromatic N) is 4. The van der Waals surface area contributed by atoms with Crippen LogP contribution < -0.4 is 4.90 Å². The van der Waals surface area contributed by atoms with E-state index in [-0.39, 0.29) is 0 Å². The molecule has 2 aromatic heterocycles. The van der Waals surface area contributed by atoms with E-state index in [9.17, 15) is 0 Å². The Morgan fingerprint density at radius 3 is 1.86 bits per heavy atom. The van der Waals surface area contributed by atoms with E-state index in [1.807, 2.05) is 12.1 Å². The first kappa shape index (κ1) is 30.9. The van der Waals surface area contributed by atoms with Crippen LogP contribution in [0.4, 0.5) is 17.1 Å². The lowest BCUT2D eigenvalue weighted by Gasteiger charge is -2.34. The van der Waals surface area contributed by atoms with E-state index in [1.165, 1.54) is 49.6 Å². The van der Waals surface area contributed by atoms with Gasteiger partial charge in [0.05, 0.1) is 50.5 Å². The molecule has 0 unspecified atom stereocenters. The first-order valence-electron chi connectivity index (χ1n) is 19.1. The van der Waals surface area contributed by atoms with Crippen LogP contribution in [0.3, 0.4) is 0 Å². The fourth-order valence-corrected chi connectivity index (χ4v) is 9.07. The van der Waals surface area contributed by atoms with Crippen LogP contribution in [0.25, 0.3) is 93.7 Å². The molecular formula is C52H32N4. The minimum atomic E-state index is 0.863. The lowest BCUT2D eigenvalue weighted by molar-refractivity contribution is 1.18. The minimum absolute atomic E-state index is 0.863. The van der Waals surface area contributed by atoms with Crippen molar-refractivity contribution in [2.24, 2.45) is 0 Å². The predicted octanol–water partition coefficient (Wildman–Crippen LogP) is 13.8. The number of para-hydroxylation sites is 5. The zero-order valence-electron chi connectivity index (χ0n) is 30.3. The summed E-state index contributed by atoms with van der Waals surface area (Å²) in [6.07, 6.45) is 0. The van der Waals surface area contributed by atoms with E-state index in [1.54, 1.807) is 0 Å². The molecule has 0 fully saturated rings. The third kappa shape index (κ3) is 4.47. The van der Waals surface area contributed by atoms with Crippen molar-refractivity contribution >= 4 is 71.4 Å². The highest BCUT2D eigenvalue weighted by Crippen LogP contribution is 2.52. The Balaban J connectivity index is 1.10. The topological polar surface area (TPSA) is 34.0 Å². The average Bonchev–Trinajstić information content (AvgIpc) is 3.60. The predicted molar refractivity (Wildman–Crippen MR) is 233 cm³/mol. The van der Waals surface area contributed by atoms with Crippen molar-refractivity contribution in [3.8, 4) is 39.3 Å². The van der Waals surface area contributed by atoms with Gasteiger partial charge >= 0.3 is 0 Å². The van der Waals surface area contributed by atoms with Gasteiger partial charge in [-0.1, -0.05) is 127 Å². The number of benzene rings is 9. The van der Waals surface area contributed by atoms with E-state index in [0.29, 0.717) is 0 Å². The SMILES string of the molecule is c1ccc(-n2c3ccccc3c3cc(-c4nc5ccccc5nc4-c4ccc(N5c6ccccc6-c6cccc7cccc5c67)c5ccccc45)ccc32)cc1. The lowest BCUT2D eigenvalue weighted by atomic mass is 9.90. The summed E-state index contributed by atoms with van der Waals surface area (Å²) >= 11 is 0. The highest BCUT2D eigenvalue weighted by atomic mass is 15.2. The summed E-state index contributed by atoms with van der Waals surface area (Å²) in [6, 6.07) is 69.5. The van der Waals surface area contributed by atoms with Gasteiger partial charge in [-0.3, -0.25) is 0 Å². The first-order valence-corrected chi connectivity index (χ1v) is 19.1. The van der Waals surface area contributed by atoms with Crippen LogP contribution in [0.2, 0.25) is 0 Å². The summed E-state index contributed by atoms with van der Waals surface area (Å²) in [5.74, 6) is 0. The molecule has 0 N–H and O–H groups in total. The normalized spacial score (nSPS) is 12.2. The zero-order valence-corrected chi connectivity index (χ0v) is 30.3. The number of rotatable bonds is 4. The van der Waals surface area contributed by atoms with Crippen LogP contribution in [0, 0.1) is 0 Å². The van der Waals surface area contributed by atoms with Gasteiger partial charge in [-0.15, -0.1) is 0 Å². The summed E-state index contributed by atoms with van der Waals surface area (Å²) in [7, 11) is 0. The largest absolute Gasteiger partial charge is 0.309 e. The molecule has 11 aromatic rings. The van der Waals surface area contributed by atoms with Gasteiger partial charge in [-0.2, -0.15) is 0 Å². The van der Waals surface area contributed by atoms with Crippen molar-refractivity contribution in [3.05, 3.63) is 194 Å². The lowest BCUT2D eigenvalue weighted by Crippen LogP contribution is -2.15. The Labute approximate surface area is 323 Å². The van der Waals surface area contributed by atoms with Crippen LogP contribution >= 0.6 is 0 Å². The highest BCUT2D eigenvalue weighted by molar-refractivity contribution is 6.17. The van der Waals surface area contributed by atoms with Crippen LogP contribution in [-0.2, 0) is 0 Å². The molecule has 0 saturated carbocycles. The van der Waals surface area contributed by atoms with Crippen molar-refractivity contribution in [2.45, 2.75) is 0 Å². The Morgan fingerprint density at radius 2 is 1.00 bits per heavy atom. The molecule has 12 rings (SSSR count). The smallest absolute Gasteiger partial charge is 0.0979 e. The zero-order chi connectivity index (χ0) is 36.7. The second-order valence-corrected chi connectivity index (χ2v) is 14.5. The highest BCUT2D eigenvalue weighted by Gasteiger charge is 2.28. The van der Waals surface area contributed by atoms with Crippen molar-refractivity contribution in [1.29, 1.82) is 0 Å². The van der Waals surface area contributed by atoms with Crippen molar-refractivity contribution < 1.29 is 0 Å². The van der Waals surface area contributed by atoms with Crippen molar-refractivity contribution in [2.75, 3.05) is 4.90 Å². The van der Waals surface area contributed by atoms with Crippen LogP contribution in [0.1, 0.15) is 0 Å². The maximum atomic E-state index is 5.43. The first-order chi connectivity index (χ1) is 27.8. The van der Waals surface area contributed by atoms with Gasteiger partial charge in [-0.05, 0) is 83.1 Å². The van der Waals surface area contributed by atoms with Crippen molar-refractivity contribution in [3.63, 3.8) is 0 Å². The number of anilines is 3. The molecule has 0 amide bonds. The summed E-state index contributed by atoms with van der Waals surface area (Å²) < 4.78 is 2.35. The molecule has 0 bridgehead atoms. The Hall–Kier alpha value is -7.56. The maximum absolute atomic E-state index is 5.43. The molecule has 4 heteroatoms. The van der Waals surface area contributed by atoms with Gasteiger partial charge in [0, 0.05) is 43.9 Å². The molecular weight excluding hydrogens is 681 g/mol. The monoisotopic (exact) mass is 712 g/mol.